The molecule has 1 aromatic heterocycles. The lowest BCUT2D eigenvalue weighted by Gasteiger charge is -2.44. The number of aliphatic hydroxyl groups is 1. The van der Waals surface area contributed by atoms with Crippen molar-refractivity contribution in [1.82, 2.24) is 20.0 Å². The molecule has 0 bridgehead atoms. The molecule has 1 saturated carbocycles. The summed E-state index contributed by atoms with van der Waals surface area (Å²) in [5.41, 5.74) is -0.648. The molecule has 29 heavy (non-hydrogen) atoms. The number of carbonyl (C=O) groups is 1. The highest BCUT2D eigenvalue weighted by Crippen LogP contribution is 2.29. The molecule has 1 aliphatic carbocycles. The predicted molar refractivity (Wildman–Crippen MR) is 111 cm³/mol. The number of aromatic nitrogens is 2. The molecule has 0 spiro atoms. The zero-order valence-corrected chi connectivity index (χ0v) is 17.2. The first-order chi connectivity index (χ1) is 14.0. The first-order valence-corrected chi connectivity index (χ1v) is 11.1. The highest BCUT2D eigenvalue weighted by molar-refractivity contribution is 5.86. The number of H-pyrrole nitrogens is 1. The molecule has 1 aromatic rings. The van der Waals surface area contributed by atoms with Gasteiger partial charge >= 0.3 is 0 Å². The molecular weight excluding hydrogens is 370 g/mol. The van der Waals surface area contributed by atoms with Crippen molar-refractivity contribution in [2.75, 3.05) is 50.7 Å². The number of piperidine rings is 1. The summed E-state index contributed by atoms with van der Waals surface area (Å²) in [6.45, 7) is 5.00. The summed E-state index contributed by atoms with van der Waals surface area (Å²) in [6.07, 6.45) is 9.35. The van der Waals surface area contributed by atoms with Gasteiger partial charge < -0.3 is 14.9 Å². The van der Waals surface area contributed by atoms with Crippen molar-refractivity contribution in [3.05, 3.63) is 22.6 Å². The van der Waals surface area contributed by atoms with Crippen molar-refractivity contribution < 1.29 is 9.90 Å². The Balaban J connectivity index is 1.32. The number of anilines is 1. The van der Waals surface area contributed by atoms with E-state index in [0.717, 1.165) is 51.4 Å². The summed E-state index contributed by atoms with van der Waals surface area (Å²) in [6, 6.07) is 1.56. The molecule has 1 atom stereocenters. The summed E-state index contributed by atoms with van der Waals surface area (Å²) in [7, 11) is 0. The number of nitrogens with zero attached hydrogens (tertiary/aromatic N) is 4. The molecule has 4 rings (SSSR count). The van der Waals surface area contributed by atoms with Gasteiger partial charge in [0.2, 0.25) is 0 Å². The molecule has 2 saturated heterocycles. The maximum Gasteiger partial charge on any atom is 0.266 e. The highest BCUT2D eigenvalue weighted by Gasteiger charge is 2.44. The molecule has 1 unspecified atom stereocenters. The largest absolute Gasteiger partial charge is 0.379 e. The minimum Gasteiger partial charge on any atom is -0.379 e. The Labute approximate surface area is 171 Å². The molecule has 0 radical (unpaired) electrons. The fraction of sp³-hybridized carbons (Fsp3) is 0.762. The molecule has 8 nitrogen and oxygen atoms in total. The first-order valence-electron chi connectivity index (χ1n) is 11.1. The number of hydrogen-bond acceptors (Lipinski definition) is 6. The third-order valence-corrected chi connectivity index (χ3v) is 6.78. The molecule has 2 aliphatic heterocycles. The van der Waals surface area contributed by atoms with Gasteiger partial charge in [-0.3, -0.25) is 14.5 Å². The van der Waals surface area contributed by atoms with Crippen LogP contribution in [0.15, 0.2) is 17.1 Å². The smallest absolute Gasteiger partial charge is 0.266 e. The summed E-state index contributed by atoms with van der Waals surface area (Å²) >= 11 is 0. The molecule has 2 N–H and O–H groups in total. The van der Waals surface area contributed by atoms with Crippen LogP contribution in [0.5, 0.6) is 0 Å². The minimum atomic E-state index is -1.26. The standard InChI is InChI=1S/C21H33N5O3/c27-19-13-18(14-22-23-19)25-11-9-24(10-12-25)16-21(29)7-4-8-26(20(21)28)15-17-5-2-1-3-6-17/h13-14,17,29H,1-12,15-16H2,(H,23,27). The Kier molecular flexibility index (Phi) is 6.20. The van der Waals surface area contributed by atoms with Gasteiger partial charge in [0.15, 0.2) is 5.60 Å². The second-order valence-corrected chi connectivity index (χ2v) is 8.96. The van der Waals surface area contributed by atoms with E-state index in [-0.39, 0.29) is 11.5 Å². The lowest BCUT2D eigenvalue weighted by molar-refractivity contribution is -0.160. The van der Waals surface area contributed by atoms with Crippen LogP contribution in [0.4, 0.5) is 5.69 Å². The lowest BCUT2D eigenvalue weighted by atomic mass is 9.86. The summed E-state index contributed by atoms with van der Waals surface area (Å²) < 4.78 is 0. The van der Waals surface area contributed by atoms with E-state index in [1.54, 1.807) is 12.3 Å². The quantitative estimate of drug-likeness (QED) is 0.756. The van der Waals surface area contributed by atoms with Crippen molar-refractivity contribution >= 4 is 11.6 Å². The molecule has 160 valence electrons. The van der Waals surface area contributed by atoms with E-state index in [9.17, 15) is 14.7 Å². The zero-order chi connectivity index (χ0) is 20.3. The Hall–Kier alpha value is -1.93. The van der Waals surface area contributed by atoms with E-state index in [2.05, 4.69) is 20.0 Å². The second kappa shape index (κ2) is 8.83. The number of rotatable bonds is 5. The van der Waals surface area contributed by atoms with Gasteiger partial charge in [0.05, 0.1) is 11.9 Å². The number of carbonyl (C=O) groups excluding carboxylic acids is 1. The summed E-state index contributed by atoms with van der Waals surface area (Å²) in [5, 5.41) is 17.5. The van der Waals surface area contributed by atoms with Gasteiger partial charge in [-0.1, -0.05) is 19.3 Å². The van der Waals surface area contributed by atoms with E-state index >= 15 is 0 Å². The van der Waals surface area contributed by atoms with E-state index in [1.165, 1.54) is 32.1 Å². The third-order valence-electron chi connectivity index (χ3n) is 6.78. The second-order valence-electron chi connectivity index (χ2n) is 8.96. The number of piperazine rings is 1. The van der Waals surface area contributed by atoms with Crippen LogP contribution in [0.2, 0.25) is 0 Å². The highest BCUT2D eigenvalue weighted by atomic mass is 16.3. The summed E-state index contributed by atoms with van der Waals surface area (Å²) in [5.74, 6) is 0.525. The van der Waals surface area contributed by atoms with Gasteiger partial charge in [-0.15, -0.1) is 0 Å². The zero-order valence-electron chi connectivity index (χ0n) is 17.2. The van der Waals surface area contributed by atoms with Gasteiger partial charge in [0.1, 0.15) is 0 Å². The fourth-order valence-corrected chi connectivity index (χ4v) is 5.14. The third kappa shape index (κ3) is 4.80. The van der Waals surface area contributed by atoms with Crippen LogP contribution in [0.1, 0.15) is 44.9 Å². The van der Waals surface area contributed by atoms with Crippen LogP contribution < -0.4 is 10.5 Å². The van der Waals surface area contributed by atoms with Crippen molar-refractivity contribution in [3.8, 4) is 0 Å². The maximum absolute atomic E-state index is 13.1. The van der Waals surface area contributed by atoms with Crippen LogP contribution >= 0.6 is 0 Å². The van der Waals surface area contributed by atoms with Crippen LogP contribution in [0, 0.1) is 5.92 Å². The van der Waals surface area contributed by atoms with E-state index in [4.69, 9.17) is 0 Å². The van der Waals surface area contributed by atoms with Gasteiger partial charge in [0, 0.05) is 51.9 Å². The number of β-amino-alcohol motifs (C(OH)–C–C–N with tert-alkyl or cyclic N) is 1. The Bertz CT molecular complexity index is 755. The number of nitrogens with one attached hydrogen (secondary N) is 1. The first kappa shape index (κ1) is 20.3. The van der Waals surface area contributed by atoms with Gasteiger partial charge in [-0.05, 0) is 31.6 Å². The van der Waals surface area contributed by atoms with E-state index in [1.807, 2.05) is 4.90 Å². The molecule has 3 aliphatic rings. The van der Waals surface area contributed by atoms with Crippen molar-refractivity contribution in [2.45, 2.75) is 50.5 Å². The molecular formula is C21H33N5O3. The van der Waals surface area contributed by atoms with Gasteiger partial charge in [0.25, 0.3) is 11.5 Å². The van der Waals surface area contributed by atoms with Crippen LogP contribution in [0.3, 0.4) is 0 Å². The Morgan fingerprint density at radius 1 is 1.07 bits per heavy atom. The normalized spacial score (nSPS) is 27.4. The molecule has 3 heterocycles. The Morgan fingerprint density at radius 3 is 2.55 bits per heavy atom. The number of likely N-dealkylation sites (tertiary alicyclic amines) is 1. The number of amides is 1. The van der Waals surface area contributed by atoms with Crippen LogP contribution in [0.25, 0.3) is 0 Å². The fourth-order valence-electron chi connectivity index (χ4n) is 5.14. The Morgan fingerprint density at radius 2 is 1.83 bits per heavy atom. The van der Waals surface area contributed by atoms with Crippen LogP contribution in [-0.4, -0.2) is 82.4 Å². The summed E-state index contributed by atoms with van der Waals surface area (Å²) in [4.78, 5) is 30.8. The van der Waals surface area contributed by atoms with Crippen molar-refractivity contribution in [3.63, 3.8) is 0 Å². The SMILES string of the molecule is O=C1N(CC2CCCCC2)CCCC1(O)CN1CCN(c2cn[nH]c(=O)c2)CC1. The molecule has 1 amide bonds. The topological polar surface area (TPSA) is 92.8 Å². The maximum atomic E-state index is 13.1. The molecule has 8 heteroatoms. The minimum absolute atomic E-state index is 0.0736. The number of aromatic amines is 1. The average molecular weight is 404 g/mol. The van der Waals surface area contributed by atoms with Gasteiger partial charge in [-0.2, -0.15) is 5.10 Å². The average Bonchev–Trinajstić information content (AvgIpc) is 2.73. The number of hydrogen-bond donors (Lipinski definition) is 2. The van der Waals surface area contributed by atoms with E-state index in [0.29, 0.717) is 18.9 Å². The van der Waals surface area contributed by atoms with Crippen molar-refractivity contribution in [1.29, 1.82) is 0 Å². The lowest BCUT2D eigenvalue weighted by Crippen LogP contribution is -2.61. The van der Waals surface area contributed by atoms with Crippen LogP contribution in [-0.2, 0) is 4.79 Å². The molecule has 0 aromatic carbocycles. The molecule has 3 fully saturated rings. The van der Waals surface area contributed by atoms with Crippen molar-refractivity contribution in [2.24, 2.45) is 5.92 Å². The van der Waals surface area contributed by atoms with E-state index < -0.39 is 5.60 Å². The van der Waals surface area contributed by atoms with Gasteiger partial charge in [-0.25, -0.2) is 5.10 Å². The predicted octanol–water partition coefficient (Wildman–Crippen LogP) is 0.826. The monoisotopic (exact) mass is 403 g/mol.